The van der Waals surface area contributed by atoms with Crippen LogP contribution < -0.4 is 11.2 Å². The Hall–Kier alpha value is -2.60. The molecule has 0 spiro atoms. The highest BCUT2D eigenvalue weighted by molar-refractivity contribution is 9.10. The average molecular weight is 397 g/mol. The third-order valence-corrected chi connectivity index (χ3v) is 4.38. The average Bonchev–Trinajstić information content (AvgIpc) is 3.20. The summed E-state index contributed by atoms with van der Waals surface area (Å²) in [7, 11) is 0. The first-order chi connectivity index (χ1) is 11.1. The summed E-state index contributed by atoms with van der Waals surface area (Å²) in [6.07, 6.45) is 1.53. The molecule has 0 saturated heterocycles. The van der Waals surface area contributed by atoms with Crippen molar-refractivity contribution >= 4 is 45.2 Å². The third kappa shape index (κ3) is 3.12. The van der Waals surface area contributed by atoms with Crippen molar-refractivity contribution in [3.05, 3.63) is 32.2 Å². The molecule has 0 unspecified atom stereocenters. The molecule has 1 amide bonds. The highest BCUT2D eigenvalue weighted by atomic mass is 79.9. The predicted molar refractivity (Wildman–Crippen MR) is 85.4 cm³/mol. The summed E-state index contributed by atoms with van der Waals surface area (Å²) in [5.74, 6) is -0.289. The number of hydrazone groups is 1. The number of anilines is 1. The normalized spacial score (nSPS) is 11.2. The molecule has 3 aromatic heterocycles. The minimum Gasteiger partial charge on any atom is -0.378 e. The van der Waals surface area contributed by atoms with Crippen LogP contribution in [0.15, 0.2) is 25.6 Å². The number of hydrogen-bond acceptors (Lipinski definition) is 9. The monoisotopic (exact) mass is 396 g/mol. The quantitative estimate of drug-likeness (QED) is 0.497. The second-order valence-electron chi connectivity index (χ2n) is 4.27. The Morgan fingerprint density at radius 3 is 3.04 bits per heavy atom. The fourth-order valence-corrected chi connectivity index (χ4v) is 2.99. The first-order valence-corrected chi connectivity index (χ1v) is 7.81. The molecule has 3 heterocycles. The largest absolute Gasteiger partial charge is 0.378 e. The topological polar surface area (TPSA) is 137 Å². The molecule has 0 bridgehead atoms. The van der Waals surface area contributed by atoms with Gasteiger partial charge >= 0.3 is 0 Å². The van der Waals surface area contributed by atoms with E-state index in [0.717, 1.165) is 9.35 Å². The molecule has 118 valence electrons. The van der Waals surface area contributed by atoms with Gasteiger partial charge in [-0.2, -0.15) is 9.78 Å². The standard InChI is InChI=1S/C11H9BrN8O2S/c1-5-8(15-19-20(5)10-9(13)17-22-18-10)11(21)16-14-3-7-2-6(12)4-23-7/h2-4H,1H3,(H2,13,17)(H,16,21)/b14-3+. The van der Waals surface area contributed by atoms with Gasteiger partial charge in [-0.3, -0.25) is 4.79 Å². The van der Waals surface area contributed by atoms with Crippen LogP contribution in [0.3, 0.4) is 0 Å². The number of halogens is 1. The van der Waals surface area contributed by atoms with Gasteiger partial charge in [0.15, 0.2) is 5.69 Å². The molecule has 0 radical (unpaired) electrons. The van der Waals surface area contributed by atoms with Gasteiger partial charge in [0.1, 0.15) is 0 Å². The molecule has 0 aromatic carbocycles. The van der Waals surface area contributed by atoms with Crippen LogP contribution in [0.25, 0.3) is 5.82 Å². The molecule has 0 saturated carbocycles. The van der Waals surface area contributed by atoms with Crippen LogP contribution in [0.4, 0.5) is 5.82 Å². The van der Waals surface area contributed by atoms with Gasteiger partial charge in [-0.1, -0.05) is 5.21 Å². The lowest BCUT2D eigenvalue weighted by Gasteiger charge is -1.98. The van der Waals surface area contributed by atoms with Gasteiger partial charge in [0.2, 0.25) is 11.6 Å². The van der Waals surface area contributed by atoms with Crippen molar-refractivity contribution < 1.29 is 9.42 Å². The zero-order valence-electron chi connectivity index (χ0n) is 11.6. The van der Waals surface area contributed by atoms with Crippen LogP contribution in [-0.4, -0.2) is 37.4 Å². The van der Waals surface area contributed by atoms with Gasteiger partial charge in [-0.25, -0.2) is 10.1 Å². The highest BCUT2D eigenvalue weighted by Gasteiger charge is 2.20. The number of amides is 1. The van der Waals surface area contributed by atoms with Crippen LogP contribution in [0.2, 0.25) is 0 Å². The maximum absolute atomic E-state index is 12.1. The summed E-state index contributed by atoms with van der Waals surface area (Å²) in [6.45, 7) is 1.64. The number of carbonyl (C=O) groups is 1. The molecule has 23 heavy (non-hydrogen) atoms. The first-order valence-electron chi connectivity index (χ1n) is 6.14. The van der Waals surface area contributed by atoms with Gasteiger partial charge in [-0.15, -0.1) is 16.4 Å². The number of nitrogen functional groups attached to an aromatic ring is 1. The summed E-state index contributed by atoms with van der Waals surface area (Å²) in [5.41, 5.74) is 8.50. The molecule has 10 nitrogen and oxygen atoms in total. The van der Waals surface area contributed by atoms with Crippen LogP contribution in [0.1, 0.15) is 21.1 Å². The highest BCUT2D eigenvalue weighted by Crippen LogP contribution is 2.18. The van der Waals surface area contributed by atoms with E-state index in [-0.39, 0.29) is 17.3 Å². The minimum absolute atomic E-state index is 0.0475. The number of carbonyl (C=O) groups excluding carboxylic acids is 1. The molecule has 0 aliphatic heterocycles. The van der Waals surface area contributed by atoms with Gasteiger partial charge in [0.05, 0.1) is 11.9 Å². The Morgan fingerprint density at radius 2 is 2.39 bits per heavy atom. The molecule has 3 N–H and O–H groups in total. The van der Waals surface area contributed by atoms with Crippen LogP contribution in [0, 0.1) is 6.92 Å². The lowest BCUT2D eigenvalue weighted by molar-refractivity contribution is 0.0949. The fraction of sp³-hybridized carbons (Fsp3) is 0.0909. The zero-order chi connectivity index (χ0) is 16.4. The van der Waals surface area contributed by atoms with Crippen molar-refractivity contribution in [1.29, 1.82) is 0 Å². The summed E-state index contributed by atoms with van der Waals surface area (Å²) in [5, 5.41) is 20.5. The Labute approximate surface area is 141 Å². The van der Waals surface area contributed by atoms with Crippen LogP contribution in [-0.2, 0) is 0 Å². The van der Waals surface area contributed by atoms with E-state index in [1.54, 1.807) is 6.92 Å². The fourth-order valence-electron chi connectivity index (χ4n) is 1.68. The molecule has 0 aliphatic carbocycles. The Bertz CT molecular complexity index is 882. The van der Waals surface area contributed by atoms with E-state index >= 15 is 0 Å². The molecule has 3 rings (SSSR count). The molecule has 0 aliphatic rings. The Balaban J connectivity index is 1.74. The van der Waals surface area contributed by atoms with E-state index in [4.69, 9.17) is 5.73 Å². The minimum atomic E-state index is -0.504. The van der Waals surface area contributed by atoms with Crippen molar-refractivity contribution in [2.45, 2.75) is 6.92 Å². The maximum Gasteiger partial charge on any atom is 0.293 e. The number of nitrogens with two attached hydrogens (primary N) is 1. The SMILES string of the molecule is Cc1c(C(=O)N/N=C/c2cc(Br)cs2)nnn1-c1nonc1N. The van der Waals surface area contributed by atoms with Gasteiger partial charge in [-0.05, 0) is 39.2 Å². The van der Waals surface area contributed by atoms with Crippen molar-refractivity contribution in [3.8, 4) is 5.82 Å². The van der Waals surface area contributed by atoms with E-state index in [1.807, 2.05) is 11.4 Å². The van der Waals surface area contributed by atoms with E-state index in [9.17, 15) is 4.79 Å². The number of thiophene rings is 1. The van der Waals surface area contributed by atoms with E-state index < -0.39 is 5.91 Å². The number of hydrogen-bond donors (Lipinski definition) is 2. The smallest absolute Gasteiger partial charge is 0.293 e. The van der Waals surface area contributed by atoms with Crippen molar-refractivity contribution in [3.63, 3.8) is 0 Å². The first kappa shape index (κ1) is 15.3. The molecular formula is C11H9BrN8O2S. The van der Waals surface area contributed by atoms with Gasteiger partial charge in [0.25, 0.3) is 5.91 Å². The number of nitrogens with one attached hydrogen (secondary N) is 1. The maximum atomic E-state index is 12.1. The Kier molecular flexibility index (Phi) is 4.16. The van der Waals surface area contributed by atoms with E-state index in [0.29, 0.717) is 5.69 Å². The van der Waals surface area contributed by atoms with Gasteiger partial charge < -0.3 is 5.73 Å². The van der Waals surface area contributed by atoms with Crippen molar-refractivity contribution in [2.24, 2.45) is 5.10 Å². The molecular weight excluding hydrogens is 388 g/mol. The summed E-state index contributed by atoms with van der Waals surface area (Å²) in [6, 6.07) is 1.88. The number of aromatic nitrogens is 5. The second kappa shape index (κ2) is 6.26. The number of rotatable bonds is 4. The lowest BCUT2D eigenvalue weighted by atomic mass is 10.3. The molecule has 0 atom stereocenters. The Morgan fingerprint density at radius 1 is 1.57 bits per heavy atom. The second-order valence-corrected chi connectivity index (χ2v) is 6.13. The number of nitrogens with zero attached hydrogens (tertiary/aromatic N) is 6. The van der Waals surface area contributed by atoms with Crippen molar-refractivity contribution in [2.75, 3.05) is 5.73 Å². The summed E-state index contributed by atoms with van der Waals surface area (Å²) >= 11 is 4.82. The van der Waals surface area contributed by atoms with Crippen molar-refractivity contribution in [1.82, 2.24) is 30.7 Å². The zero-order valence-corrected chi connectivity index (χ0v) is 14.0. The van der Waals surface area contributed by atoms with Gasteiger partial charge in [0, 0.05) is 14.7 Å². The van der Waals surface area contributed by atoms with Crippen LogP contribution in [0.5, 0.6) is 0 Å². The predicted octanol–water partition coefficient (Wildman–Crippen LogP) is 1.13. The molecule has 12 heteroatoms. The molecule has 3 aromatic rings. The molecule has 0 fully saturated rings. The summed E-state index contributed by atoms with van der Waals surface area (Å²) in [4.78, 5) is 13.0. The van der Waals surface area contributed by atoms with E-state index in [2.05, 4.69) is 51.7 Å². The summed E-state index contributed by atoms with van der Waals surface area (Å²) < 4.78 is 6.72. The lowest BCUT2D eigenvalue weighted by Crippen LogP contribution is -2.19. The van der Waals surface area contributed by atoms with Crippen LogP contribution >= 0.6 is 27.3 Å². The van der Waals surface area contributed by atoms with E-state index in [1.165, 1.54) is 22.2 Å². The third-order valence-electron chi connectivity index (χ3n) is 2.75.